The number of aliphatic hydroxyl groups is 1. The molecule has 0 aromatic rings. The van der Waals surface area contributed by atoms with Crippen LogP contribution in [0.2, 0.25) is 0 Å². The largest absolute Gasteiger partial charge is 0.415 e. The van der Waals surface area contributed by atoms with Crippen LogP contribution in [-0.4, -0.2) is 89.8 Å². The van der Waals surface area contributed by atoms with Crippen molar-refractivity contribution in [3.05, 3.63) is 0 Å². The van der Waals surface area contributed by atoms with Crippen molar-refractivity contribution in [2.24, 2.45) is 0 Å². The van der Waals surface area contributed by atoms with E-state index in [2.05, 4.69) is 0 Å². The minimum absolute atomic E-state index is 0.119. The predicted octanol–water partition coefficient (Wildman–Crippen LogP) is 0.928. The molecule has 2 fully saturated rings. The van der Waals surface area contributed by atoms with Gasteiger partial charge in [-0.15, -0.1) is 0 Å². The van der Waals surface area contributed by atoms with Crippen LogP contribution in [0.15, 0.2) is 0 Å². The van der Waals surface area contributed by atoms with Gasteiger partial charge in [0, 0.05) is 45.8 Å². The van der Waals surface area contributed by atoms with E-state index in [1.54, 1.807) is 4.90 Å². The molecule has 2 atom stereocenters. The van der Waals surface area contributed by atoms with Crippen molar-refractivity contribution in [1.82, 2.24) is 14.7 Å². The van der Waals surface area contributed by atoms with Crippen molar-refractivity contribution in [3.63, 3.8) is 0 Å². The summed E-state index contributed by atoms with van der Waals surface area (Å²) in [6, 6.07) is -0.234. The highest BCUT2D eigenvalue weighted by Crippen LogP contribution is 2.21. The first-order valence-electron chi connectivity index (χ1n) is 8.29. The number of β-amino-alcohol motifs (C(OH)–C–C–N with tert-alkyl or cyclic N) is 1. The van der Waals surface area contributed by atoms with Gasteiger partial charge in [-0.1, -0.05) is 0 Å². The van der Waals surface area contributed by atoms with E-state index in [0.717, 1.165) is 25.9 Å². The first-order valence-corrected chi connectivity index (χ1v) is 8.29. The van der Waals surface area contributed by atoms with Crippen LogP contribution in [0.3, 0.4) is 0 Å². The highest BCUT2D eigenvalue weighted by atomic mass is 19.4. The second kappa shape index (κ2) is 7.81. The first-order chi connectivity index (χ1) is 10.8. The number of likely N-dealkylation sites (tertiary alicyclic amines) is 1. The standard InChI is InChI=1S/C15H26F3N3O2/c1-12(14(23)21-5-3-2-4-6-21)20-9-7-19(8-10-20)11-13(22)15(16,17)18/h12-13,22H,2-11H2,1H3/t12-,13+/m0/s1. The monoisotopic (exact) mass is 337 g/mol. The van der Waals surface area contributed by atoms with Crippen LogP contribution in [0.4, 0.5) is 13.2 Å². The predicted molar refractivity (Wildman–Crippen MR) is 80.0 cm³/mol. The van der Waals surface area contributed by atoms with E-state index >= 15 is 0 Å². The molecule has 0 spiro atoms. The smallest absolute Gasteiger partial charge is 0.382 e. The Hall–Kier alpha value is -0.860. The van der Waals surface area contributed by atoms with Crippen LogP contribution in [0, 0.1) is 0 Å². The molecule has 23 heavy (non-hydrogen) atoms. The molecule has 134 valence electrons. The normalized spacial score (nSPS) is 24.5. The zero-order valence-corrected chi connectivity index (χ0v) is 13.6. The van der Waals surface area contributed by atoms with E-state index in [9.17, 15) is 18.0 Å². The maximum Gasteiger partial charge on any atom is 0.415 e. The average molecular weight is 337 g/mol. The van der Waals surface area contributed by atoms with Crippen molar-refractivity contribution >= 4 is 5.91 Å². The molecule has 0 radical (unpaired) electrons. The lowest BCUT2D eigenvalue weighted by Crippen LogP contribution is -2.56. The van der Waals surface area contributed by atoms with E-state index in [-0.39, 0.29) is 11.9 Å². The SMILES string of the molecule is C[C@@H](C(=O)N1CCCCC1)N1CCN(C[C@@H](O)C(F)(F)F)CC1. The Morgan fingerprint density at radius 3 is 2.13 bits per heavy atom. The quantitative estimate of drug-likeness (QED) is 0.829. The Kier molecular flexibility index (Phi) is 6.27. The number of piperidine rings is 1. The van der Waals surface area contributed by atoms with E-state index in [0.29, 0.717) is 26.2 Å². The number of nitrogens with zero attached hydrogens (tertiary/aromatic N) is 3. The van der Waals surface area contributed by atoms with E-state index in [4.69, 9.17) is 5.11 Å². The Morgan fingerprint density at radius 2 is 1.61 bits per heavy atom. The van der Waals surface area contributed by atoms with Gasteiger partial charge < -0.3 is 10.0 Å². The molecule has 2 saturated heterocycles. The summed E-state index contributed by atoms with van der Waals surface area (Å²) < 4.78 is 37.2. The molecule has 2 rings (SSSR count). The molecule has 0 unspecified atom stereocenters. The topological polar surface area (TPSA) is 47.0 Å². The third kappa shape index (κ3) is 5.06. The molecule has 8 heteroatoms. The summed E-state index contributed by atoms with van der Waals surface area (Å²) in [6.07, 6.45) is -3.63. The van der Waals surface area contributed by atoms with Crippen LogP contribution >= 0.6 is 0 Å². The fourth-order valence-corrected chi connectivity index (χ4v) is 3.22. The molecular weight excluding hydrogens is 311 g/mol. The zero-order valence-electron chi connectivity index (χ0n) is 13.6. The third-order valence-corrected chi connectivity index (χ3v) is 4.79. The van der Waals surface area contributed by atoms with Gasteiger partial charge >= 0.3 is 6.18 Å². The maximum atomic E-state index is 12.5. The molecule has 2 aliphatic heterocycles. The van der Waals surface area contributed by atoms with Gasteiger partial charge in [0.25, 0.3) is 0 Å². The molecule has 2 aliphatic rings. The molecule has 0 bridgehead atoms. The fourth-order valence-electron chi connectivity index (χ4n) is 3.22. The van der Waals surface area contributed by atoms with Gasteiger partial charge in [0.1, 0.15) is 0 Å². The lowest BCUT2D eigenvalue weighted by Gasteiger charge is -2.40. The molecule has 1 N–H and O–H groups in total. The van der Waals surface area contributed by atoms with E-state index < -0.39 is 18.8 Å². The fraction of sp³-hybridized carbons (Fsp3) is 0.933. The van der Waals surface area contributed by atoms with E-state index in [1.165, 1.54) is 6.42 Å². The van der Waals surface area contributed by atoms with Crippen molar-refractivity contribution in [1.29, 1.82) is 0 Å². The number of carbonyl (C=O) groups excluding carboxylic acids is 1. The number of amides is 1. The van der Waals surface area contributed by atoms with Crippen LogP contribution in [0.25, 0.3) is 0 Å². The second-order valence-electron chi connectivity index (χ2n) is 6.46. The van der Waals surface area contributed by atoms with Gasteiger partial charge in [0.15, 0.2) is 6.10 Å². The maximum absolute atomic E-state index is 12.5. The van der Waals surface area contributed by atoms with E-state index in [1.807, 2.05) is 16.7 Å². The third-order valence-electron chi connectivity index (χ3n) is 4.79. The minimum atomic E-state index is -4.57. The second-order valence-corrected chi connectivity index (χ2v) is 6.46. The lowest BCUT2D eigenvalue weighted by atomic mass is 10.1. The summed E-state index contributed by atoms with van der Waals surface area (Å²) in [4.78, 5) is 18.0. The molecular formula is C15H26F3N3O2. The number of alkyl halides is 3. The number of halogens is 3. The summed E-state index contributed by atoms with van der Waals surface area (Å²) in [5.41, 5.74) is 0. The summed E-state index contributed by atoms with van der Waals surface area (Å²) in [5.74, 6) is 0.119. The Bertz CT molecular complexity index is 392. The van der Waals surface area contributed by atoms with Crippen LogP contribution in [0.5, 0.6) is 0 Å². The number of aliphatic hydroxyl groups excluding tert-OH is 1. The van der Waals surface area contributed by atoms with Crippen molar-refractivity contribution < 1.29 is 23.1 Å². The van der Waals surface area contributed by atoms with Crippen molar-refractivity contribution in [2.45, 2.75) is 44.5 Å². The van der Waals surface area contributed by atoms with Crippen molar-refractivity contribution in [3.8, 4) is 0 Å². The Labute approximate surface area is 135 Å². The number of rotatable bonds is 4. The Morgan fingerprint density at radius 1 is 1.04 bits per heavy atom. The molecule has 2 heterocycles. The van der Waals surface area contributed by atoms with Gasteiger partial charge in [0.05, 0.1) is 6.04 Å². The zero-order chi connectivity index (χ0) is 17.0. The highest BCUT2D eigenvalue weighted by molar-refractivity contribution is 5.81. The number of piperazine rings is 1. The number of carbonyl (C=O) groups is 1. The summed E-state index contributed by atoms with van der Waals surface area (Å²) >= 11 is 0. The molecule has 0 saturated carbocycles. The van der Waals surface area contributed by atoms with Crippen LogP contribution in [-0.2, 0) is 4.79 Å². The molecule has 0 aromatic carbocycles. The summed E-state index contributed by atoms with van der Waals surface area (Å²) in [7, 11) is 0. The molecule has 0 aliphatic carbocycles. The molecule has 5 nitrogen and oxygen atoms in total. The molecule has 0 aromatic heterocycles. The van der Waals surface area contributed by atoms with Gasteiger partial charge in [-0.2, -0.15) is 13.2 Å². The minimum Gasteiger partial charge on any atom is -0.382 e. The van der Waals surface area contributed by atoms with Crippen LogP contribution < -0.4 is 0 Å². The van der Waals surface area contributed by atoms with Crippen LogP contribution in [0.1, 0.15) is 26.2 Å². The summed E-state index contributed by atoms with van der Waals surface area (Å²) in [5, 5.41) is 9.13. The highest BCUT2D eigenvalue weighted by Gasteiger charge is 2.40. The van der Waals surface area contributed by atoms with Gasteiger partial charge in [-0.3, -0.25) is 14.6 Å². The average Bonchev–Trinajstić information content (AvgIpc) is 2.54. The Balaban J connectivity index is 1.78. The lowest BCUT2D eigenvalue weighted by molar-refractivity contribution is -0.209. The van der Waals surface area contributed by atoms with Gasteiger partial charge in [-0.05, 0) is 26.2 Å². The summed E-state index contributed by atoms with van der Waals surface area (Å²) in [6.45, 7) is 5.05. The molecule has 1 amide bonds. The van der Waals surface area contributed by atoms with Gasteiger partial charge in [0.2, 0.25) is 5.91 Å². The first kappa shape index (κ1) is 18.5. The van der Waals surface area contributed by atoms with Crippen molar-refractivity contribution in [2.75, 3.05) is 45.8 Å². The van der Waals surface area contributed by atoms with Gasteiger partial charge in [-0.25, -0.2) is 0 Å². The number of hydrogen-bond acceptors (Lipinski definition) is 4. The number of hydrogen-bond donors (Lipinski definition) is 1.